The van der Waals surface area contributed by atoms with E-state index in [4.69, 9.17) is 9.47 Å². The Kier molecular flexibility index (Phi) is 8.14. The molecule has 0 radical (unpaired) electrons. The van der Waals surface area contributed by atoms with E-state index in [1.54, 1.807) is 30.3 Å². The Morgan fingerprint density at radius 3 is 2.36 bits per heavy atom. The SMILES string of the molecule is C=CCCOc1ccc(C(=O)OC2CCC(c3ccc(-c4ccc(C)cc4)c(F)c3F)CC2)c(F)c1. The van der Waals surface area contributed by atoms with E-state index in [-0.39, 0.29) is 17.0 Å². The summed E-state index contributed by atoms with van der Waals surface area (Å²) in [6, 6.07) is 14.6. The number of hydrogen-bond acceptors (Lipinski definition) is 3. The van der Waals surface area contributed by atoms with Crippen molar-refractivity contribution in [3.63, 3.8) is 0 Å². The lowest BCUT2D eigenvalue weighted by molar-refractivity contribution is 0.0189. The van der Waals surface area contributed by atoms with Gasteiger partial charge in [-0.05, 0) is 68.2 Å². The van der Waals surface area contributed by atoms with Crippen LogP contribution in [0.15, 0.2) is 67.3 Å². The zero-order chi connectivity index (χ0) is 25.7. The third kappa shape index (κ3) is 5.81. The molecular formula is C30H29F3O3. The van der Waals surface area contributed by atoms with E-state index in [2.05, 4.69) is 6.58 Å². The number of hydrogen-bond donors (Lipinski definition) is 0. The lowest BCUT2D eigenvalue weighted by atomic mass is 9.82. The molecule has 0 bridgehead atoms. The van der Waals surface area contributed by atoms with Crippen LogP contribution in [0.4, 0.5) is 13.2 Å². The zero-order valence-corrected chi connectivity index (χ0v) is 20.2. The molecule has 36 heavy (non-hydrogen) atoms. The van der Waals surface area contributed by atoms with Gasteiger partial charge in [0.25, 0.3) is 0 Å². The highest BCUT2D eigenvalue weighted by molar-refractivity contribution is 5.90. The highest BCUT2D eigenvalue weighted by atomic mass is 19.2. The van der Waals surface area contributed by atoms with Gasteiger partial charge in [0.2, 0.25) is 0 Å². The molecular weight excluding hydrogens is 465 g/mol. The topological polar surface area (TPSA) is 35.5 Å². The largest absolute Gasteiger partial charge is 0.493 e. The lowest BCUT2D eigenvalue weighted by Crippen LogP contribution is -2.24. The van der Waals surface area contributed by atoms with Crippen molar-refractivity contribution in [1.29, 1.82) is 0 Å². The monoisotopic (exact) mass is 494 g/mol. The van der Waals surface area contributed by atoms with Gasteiger partial charge in [0.15, 0.2) is 11.6 Å². The van der Waals surface area contributed by atoms with Gasteiger partial charge in [-0.2, -0.15) is 0 Å². The first-order chi connectivity index (χ1) is 17.4. The molecule has 3 aromatic rings. The van der Waals surface area contributed by atoms with Gasteiger partial charge < -0.3 is 9.47 Å². The van der Waals surface area contributed by atoms with Gasteiger partial charge >= 0.3 is 5.97 Å². The smallest absolute Gasteiger partial charge is 0.341 e. The summed E-state index contributed by atoms with van der Waals surface area (Å²) in [6.07, 6.45) is 3.97. The summed E-state index contributed by atoms with van der Waals surface area (Å²) in [4.78, 5) is 12.5. The van der Waals surface area contributed by atoms with Crippen LogP contribution in [0.2, 0.25) is 0 Å². The number of esters is 1. The minimum absolute atomic E-state index is 0.159. The van der Waals surface area contributed by atoms with E-state index in [0.29, 0.717) is 55.6 Å². The van der Waals surface area contributed by atoms with Crippen LogP contribution in [0.25, 0.3) is 11.1 Å². The number of aryl methyl sites for hydroxylation is 1. The summed E-state index contributed by atoms with van der Waals surface area (Å²) < 4.78 is 55.2. The van der Waals surface area contributed by atoms with Crippen LogP contribution in [0.5, 0.6) is 5.75 Å². The Balaban J connectivity index is 1.36. The van der Waals surface area contributed by atoms with Crippen molar-refractivity contribution in [3.8, 4) is 16.9 Å². The maximum atomic E-state index is 15.0. The predicted molar refractivity (Wildman–Crippen MR) is 134 cm³/mol. The molecule has 4 rings (SSSR count). The summed E-state index contributed by atoms with van der Waals surface area (Å²) in [5.41, 5.74) is 2.08. The fourth-order valence-corrected chi connectivity index (χ4v) is 4.55. The molecule has 6 heteroatoms. The second-order valence-corrected chi connectivity index (χ2v) is 9.14. The van der Waals surface area contributed by atoms with Gasteiger partial charge in [0.05, 0.1) is 12.2 Å². The summed E-state index contributed by atoms with van der Waals surface area (Å²) in [6.45, 7) is 5.90. The molecule has 0 saturated heterocycles. The van der Waals surface area contributed by atoms with Crippen LogP contribution in [0.1, 0.15) is 59.5 Å². The molecule has 0 unspecified atom stereocenters. The molecule has 3 aromatic carbocycles. The summed E-state index contributed by atoms with van der Waals surface area (Å²) in [5.74, 6) is -2.98. The molecule has 0 amide bonds. The number of rotatable bonds is 8. The molecule has 0 aliphatic heterocycles. The van der Waals surface area contributed by atoms with Crippen LogP contribution in [-0.2, 0) is 4.74 Å². The van der Waals surface area contributed by atoms with E-state index < -0.39 is 29.5 Å². The maximum absolute atomic E-state index is 15.0. The van der Waals surface area contributed by atoms with Crippen molar-refractivity contribution < 1.29 is 27.4 Å². The molecule has 0 aromatic heterocycles. The third-order valence-corrected chi connectivity index (χ3v) is 6.61. The number of halogens is 3. The second-order valence-electron chi connectivity index (χ2n) is 9.14. The average Bonchev–Trinajstić information content (AvgIpc) is 2.87. The van der Waals surface area contributed by atoms with Crippen molar-refractivity contribution in [2.45, 2.75) is 51.0 Å². The Labute approximate surface area is 209 Å². The van der Waals surface area contributed by atoms with Crippen molar-refractivity contribution in [2.24, 2.45) is 0 Å². The molecule has 1 saturated carbocycles. The minimum atomic E-state index is -0.850. The minimum Gasteiger partial charge on any atom is -0.493 e. The molecule has 188 valence electrons. The second kappa shape index (κ2) is 11.5. The average molecular weight is 495 g/mol. The van der Waals surface area contributed by atoms with Crippen LogP contribution in [-0.4, -0.2) is 18.7 Å². The third-order valence-electron chi connectivity index (χ3n) is 6.61. The number of carbonyl (C=O) groups excluding carboxylic acids is 1. The highest BCUT2D eigenvalue weighted by Crippen LogP contribution is 2.38. The Morgan fingerprint density at radius 2 is 1.69 bits per heavy atom. The fourth-order valence-electron chi connectivity index (χ4n) is 4.55. The molecule has 3 nitrogen and oxygen atoms in total. The molecule has 1 aliphatic rings. The Bertz CT molecular complexity index is 1230. The van der Waals surface area contributed by atoms with Crippen LogP contribution in [0, 0.1) is 24.4 Å². The van der Waals surface area contributed by atoms with Gasteiger partial charge in [-0.1, -0.05) is 48.0 Å². The number of carbonyl (C=O) groups is 1. The lowest BCUT2D eigenvalue weighted by Gasteiger charge is -2.29. The number of ether oxygens (including phenoxy) is 2. The van der Waals surface area contributed by atoms with E-state index in [1.807, 2.05) is 19.1 Å². The molecule has 0 N–H and O–H groups in total. The first-order valence-electron chi connectivity index (χ1n) is 12.2. The van der Waals surface area contributed by atoms with Crippen molar-refractivity contribution in [1.82, 2.24) is 0 Å². The van der Waals surface area contributed by atoms with Gasteiger partial charge in [-0.15, -0.1) is 6.58 Å². The van der Waals surface area contributed by atoms with Crippen molar-refractivity contribution in [2.75, 3.05) is 6.61 Å². The molecule has 0 spiro atoms. The van der Waals surface area contributed by atoms with Crippen molar-refractivity contribution >= 4 is 5.97 Å². The molecule has 0 atom stereocenters. The van der Waals surface area contributed by atoms with Gasteiger partial charge in [-0.25, -0.2) is 18.0 Å². The number of benzene rings is 3. The van der Waals surface area contributed by atoms with Gasteiger partial charge in [0.1, 0.15) is 17.7 Å². The molecule has 0 heterocycles. The fraction of sp³-hybridized carbons (Fsp3) is 0.300. The predicted octanol–water partition coefficient (Wildman–Crippen LogP) is 7.92. The van der Waals surface area contributed by atoms with Crippen molar-refractivity contribution in [3.05, 3.63) is 101 Å². The van der Waals surface area contributed by atoms with Crippen LogP contribution >= 0.6 is 0 Å². The molecule has 1 aliphatic carbocycles. The first kappa shape index (κ1) is 25.5. The maximum Gasteiger partial charge on any atom is 0.341 e. The standard InChI is InChI=1S/C30H29F3O3/c1-3-4-17-35-23-13-14-26(27(31)18-23)30(34)36-22-11-9-21(10-12-22)25-16-15-24(28(32)29(25)33)20-7-5-19(2)6-8-20/h3,5-8,13-16,18,21-22H,1,4,9-12,17H2,2H3. The van der Waals surface area contributed by atoms with E-state index in [1.165, 1.54) is 12.1 Å². The summed E-state index contributed by atoms with van der Waals surface area (Å²) in [5, 5.41) is 0. The van der Waals surface area contributed by atoms with E-state index in [9.17, 15) is 18.0 Å². The Morgan fingerprint density at radius 1 is 0.972 bits per heavy atom. The van der Waals surface area contributed by atoms with Gasteiger partial charge in [-0.3, -0.25) is 0 Å². The van der Waals surface area contributed by atoms with E-state index in [0.717, 1.165) is 11.6 Å². The highest BCUT2D eigenvalue weighted by Gasteiger charge is 2.29. The normalized spacial score (nSPS) is 17.4. The van der Waals surface area contributed by atoms with Crippen LogP contribution in [0.3, 0.4) is 0 Å². The van der Waals surface area contributed by atoms with Gasteiger partial charge in [0, 0.05) is 11.6 Å². The Hall–Kier alpha value is -3.54. The zero-order valence-electron chi connectivity index (χ0n) is 20.2. The first-order valence-corrected chi connectivity index (χ1v) is 12.2. The quantitative estimate of drug-likeness (QED) is 0.181. The summed E-state index contributed by atoms with van der Waals surface area (Å²) in [7, 11) is 0. The van der Waals surface area contributed by atoms with Crippen LogP contribution < -0.4 is 4.74 Å². The molecule has 1 fully saturated rings. The summed E-state index contributed by atoms with van der Waals surface area (Å²) >= 11 is 0. The van der Waals surface area contributed by atoms with E-state index >= 15 is 0 Å².